The summed E-state index contributed by atoms with van der Waals surface area (Å²) in [5.41, 5.74) is 6.37. The number of rotatable bonds is 2. The fourth-order valence-corrected chi connectivity index (χ4v) is 6.97. The number of fused-ring (bicyclic) bond motifs is 2. The van der Waals surface area contributed by atoms with E-state index in [9.17, 15) is 0 Å². The third-order valence-corrected chi connectivity index (χ3v) is 8.79. The first-order valence-electron chi connectivity index (χ1n) is 13.7. The van der Waals surface area contributed by atoms with Gasteiger partial charge in [0.15, 0.2) is 0 Å². The lowest BCUT2D eigenvalue weighted by Crippen LogP contribution is -2.15. The van der Waals surface area contributed by atoms with E-state index in [0.717, 1.165) is 17.9 Å². The van der Waals surface area contributed by atoms with Crippen molar-refractivity contribution in [3.05, 3.63) is 139 Å². The Morgan fingerprint density at radius 2 is 1.18 bits per heavy atom. The second kappa shape index (κ2) is 7.82. The van der Waals surface area contributed by atoms with Crippen LogP contribution in [-0.4, -0.2) is 0 Å². The second-order valence-corrected chi connectivity index (χ2v) is 10.8. The molecule has 0 amide bonds. The highest BCUT2D eigenvalue weighted by Crippen LogP contribution is 2.47. The van der Waals surface area contributed by atoms with Crippen LogP contribution in [0.1, 0.15) is 17.9 Å². The zero-order valence-electron chi connectivity index (χ0n) is 21.3. The first-order valence-corrected chi connectivity index (χ1v) is 13.7. The summed E-state index contributed by atoms with van der Waals surface area (Å²) in [4.78, 5) is 0. The molecule has 0 aromatic heterocycles. The van der Waals surface area contributed by atoms with Crippen LogP contribution < -0.4 is 4.74 Å². The largest absolute Gasteiger partial charge is 0.460 e. The van der Waals surface area contributed by atoms with E-state index in [0.29, 0.717) is 5.92 Å². The molecule has 1 aliphatic heterocycles. The van der Waals surface area contributed by atoms with E-state index in [2.05, 4.69) is 127 Å². The fraction of sp³-hybridized carbons (Fsp3) is 0.0526. The molecule has 1 nitrogen and oxygen atoms in total. The highest BCUT2D eigenvalue weighted by Gasteiger charge is 2.28. The van der Waals surface area contributed by atoms with Crippen LogP contribution in [0.25, 0.3) is 65.3 Å². The predicted octanol–water partition coefficient (Wildman–Crippen LogP) is 10.4. The molecule has 0 radical (unpaired) electrons. The van der Waals surface area contributed by atoms with E-state index in [1.807, 2.05) is 0 Å². The van der Waals surface area contributed by atoms with Crippen LogP contribution >= 0.6 is 0 Å². The van der Waals surface area contributed by atoms with Crippen LogP contribution in [0.15, 0.2) is 133 Å². The molecule has 182 valence electrons. The van der Waals surface area contributed by atoms with Gasteiger partial charge in [0, 0.05) is 11.3 Å². The lowest BCUT2D eigenvalue weighted by Gasteiger charge is -2.30. The normalized spacial score (nSPS) is 16.1. The van der Waals surface area contributed by atoms with Gasteiger partial charge in [-0.1, -0.05) is 115 Å². The molecule has 1 atom stereocenters. The van der Waals surface area contributed by atoms with Crippen molar-refractivity contribution in [1.82, 2.24) is 0 Å². The van der Waals surface area contributed by atoms with Crippen molar-refractivity contribution < 1.29 is 4.74 Å². The Morgan fingerprint density at radius 3 is 1.97 bits per heavy atom. The van der Waals surface area contributed by atoms with E-state index in [4.69, 9.17) is 4.74 Å². The van der Waals surface area contributed by atoms with Gasteiger partial charge in [0.25, 0.3) is 0 Å². The minimum atomic E-state index is 0.304. The third kappa shape index (κ3) is 2.96. The molecule has 1 unspecified atom stereocenters. The fourth-order valence-electron chi connectivity index (χ4n) is 6.97. The predicted molar refractivity (Wildman–Crippen MR) is 164 cm³/mol. The van der Waals surface area contributed by atoms with E-state index in [1.54, 1.807) is 0 Å². The summed E-state index contributed by atoms with van der Waals surface area (Å²) in [7, 11) is 0. The average molecular weight is 497 g/mol. The highest BCUT2D eigenvalue weighted by atomic mass is 16.5. The van der Waals surface area contributed by atoms with E-state index in [-0.39, 0.29) is 0 Å². The molecule has 2 aliphatic rings. The van der Waals surface area contributed by atoms with E-state index >= 15 is 0 Å². The van der Waals surface area contributed by atoms with Gasteiger partial charge in [0.1, 0.15) is 11.5 Å². The molecule has 1 heteroatoms. The van der Waals surface area contributed by atoms with Gasteiger partial charge in [-0.2, -0.15) is 0 Å². The Kier molecular flexibility index (Phi) is 4.23. The Hall–Kier alpha value is -4.88. The molecular weight excluding hydrogens is 472 g/mol. The lowest BCUT2D eigenvalue weighted by molar-refractivity contribution is 0.375. The zero-order chi connectivity index (χ0) is 25.5. The standard InChI is InChI=1S/C38H24O/c1-2-10-34-30(7-1)32-9-4-8-31-29(21-22-35(39-34)38(31)32)24-13-11-23(12-14-24)28-19-17-27-16-15-25-5-3-6-26-18-20-33(28)37(27)36(25)26/h1-6,8-22,30H,7H2. The van der Waals surface area contributed by atoms with Crippen LogP contribution in [-0.2, 0) is 0 Å². The van der Waals surface area contributed by atoms with Crippen LogP contribution in [0.3, 0.4) is 0 Å². The summed E-state index contributed by atoms with van der Waals surface area (Å²) in [6.45, 7) is 0. The summed E-state index contributed by atoms with van der Waals surface area (Å²) in [6.07, 6.45) is 7.45. The quantitative estimate of drug-likeness (QED) is 0.216. The summed E-state index contributed by atoms with van der Waals surface area (Å²) >= 11 is 0. The summed E-state index contributed by atoms with van der Waals surface area (Å²) in [5.74, 6) is 2.33. The van der Waals surface area contributed by atoms with Crippen molar-refractivity contribution in [1.29, 1.82) is 0 Å². The van der Waals surface area contributed by atoms with Crippen molar-refractivity contribution in [3.8, 4) is 28.0 Å². The lowest BCUT2D eigenvalue weighted by atomic mass is 9.83. The van der Waals surface area contributed by atoms with Gasteiger partial charge in [0.05, 0.1) is 0 Å². The van der Waals surface area contributed by atoms with Gasteiger partial charge in [0.2, 0.25) is 0 Å². The average Bonchev–Trinajstić information content (AvgIpc) is 3.00. The number of ether oxygens (including phenoxy) is 1. The van der Waals surface area contributed by atoms with E-state index < -0.39 is 0 Å². The van der Waals surface area contributed by atoms with Crippen LogP contribution in [0.4, 0.5) is 0 Å². The number of benzene rings is 7. The molecule has 9 rings (SSSR count). The maximum absolute atomic E-state index is 6.38. The molecule has 39 heavy (non-hydrogen) atoms. The van der Waals surface area contributed by atoms with Crippen molar-refractivity contribution in [2.75, 3.05) is 0 Å². The van der Waals surface area contributed by atoms with Crippen molar-refractivity contribution in [2.24, 2.45) is 0 Å². The van der Waals surface area contributed by atoms with Crippen molar-refractivity contribution >= 4 is 43.1 Å². The summed E-state index contributed by atoms with van der Waals surface area (Å²) < 4.78 is 6.38. The molecule has 0 saturated heterocycles. The SMILES string of the molecule is C1=CCC2C(=C1)Oc1ccc(-c3ccc(-c4ccc5ccc6cccc7ccc4c5c67)cc3)c3cccc2c13. The van der Waals surface area contributed by atoms with Gasteiger partial charge in [-0.15, -0.1) is 0 Å². The Labute approximate surface area is 226 Å². The summed E-state index contributed by atoms with van der Waals surface area (Å²) in [6, 6.07) is 40.4. The third-order valence-electron chi connectivity index (χ3n) is 8.79. The van der Waals surface area contributed by atoms with Gasteiger partial charge in [-0.3, -0.25) is 0 Å². The highest BCUT2D eigenvalue weighted by molar-refractivity contribution is 6.25. The molecular formula is C38H24O. The smallest absolute Gasteiger partial charge is 0.135 e. The molecule has 0 N–H and O–H groups in total. The zero-order valence-corrected chi connectivity index (χ0v) is 21.3. The molecule has 1 heterocycles. The molecule has 0 bridgehead atoms. The molecule has 0 fully saturated rings. The van der Waals surface area contributed by atoms with Crippen molar-refractivity contribution in [2.45, 2.75) is 12.3 Å². The Morgan fingerprint density at radius 1 is 0.538 bits per heavy atom. The Bertz CT molecular complexity index is 2150. The minimum absolute atomic E-state index is 0.304. The van der Waals surface area contributed by atoms with Gasteiger partial charge in [-0.05, 0) is 84.1 Å². The number of hydrogen-bond donors (Lipinski definition) is 0. The molecule has 7 aromatic rings. The first-order chi connectivity index (χ1) is 19.3. The molecule has 7 aromatic carbocycles. The van der Waals surface area contributed by atoms with Gasteiger partial charge >= 0.3 is 0 Å². The topological polar surface area (TPSA) is 9.23 Å². The number of allylic oxidation sites excluding steroid dienone is 4. The summed E-state index contributed by atoms with van der Waals surface area (Å²) in [5, 5.41) is 10.5. The minimum Gasteiger partial charge on any atom is -0.460 e. The molecule has 0 saturated carbocycles. The van der Waals surface area contributed by atoms with Crippen LogP contribution in [0, 0.1) is 0 Å². The van der Waals surface area contributed by atoms with Gasteiger partial charge < -0.3 is 4.74 Å². The van der Waals surface area contributed by atoms with E-state index in [1.165, 1.54) is 70.9 Å². The Balaban J connectivity index is 1.18. The molecule has 0 spiro atoms. The second-order valence-electron chi connectivity index (χ2n) is 10.8. The monoisotopic (exact) mass is 496 g/mol. The maximum Gasteiger partial charge on any atom is 0.135 e. The van der Waals surface area contributed by atoms with Crippen molar-refractivity contribution in [3.63, 3.8) is 0 Å². The first kappa shape index (κ1) is 21.1. The maximum atomic E-state index is 6.38. The van der Waals surface area contributed by atoms with Gasteiger partial charge in [-0.25, -0.2) is 0 Å². The van der Waals surface area contributed by atoms with Crippen LogP contribution in [0.5, 0.6) is 5.75 Å². The molecule has 1 aliphatic carbocycles. The number of hydrogen-bond acceptors (Lipinski definition) is 1. The van der Waals surface area contributed by atoms with Crippen LogP contribution in [0.2, 0.25) is 0 Å².